The van der Waals surface area contributed by atoms with Crippen LogP contribution in [0.4, 0.5) is 0 Å². The van der Waals surface area contributed by atoms with Gasteiger partial charge in [0.25, 0.3) is 0 Å². The number of rotatable bonds is 3. The number of carbonyl (C=O) groups excluding carboxylic acids is 1. The highest BCUT2D eigenvalue weighted by Crippen LogP contribution is 2.17. The van der Waals surface area contributed by atoms with E-state index in [1.54, 1.807) is 6.07 Å². The molecule has 1 aromatic heterocycles. The molecule has 0 saturated heterocycles. The lowest BCUT2D eigenvalue weighted by Gasteiger charge is -2.15. The molecular weight excluding hydrogens is 212 g/mol. The first kappa shape index (κ1) is 12.1. The molecule has 0 radical (unpaired) electrons. The summed E-state index contributed by atoms with van der Waals surface area (Å²) in [6.07, 6.45) is -1.82. The summed E-state index contributed by atoms with van der Waals surface area (Å²) in [5.41, 5.74) is 0.318. The maximum Gasteiger partial charge on any atom is 0.337 e. The van der Waals surface area contributed by atoms with E-state index in [4.69, 9.17) is 5.26 Å². The lowest BCUT2D eigenvalue weighted by molar-refractivity contribution is -0.156. The van der Waals surface area contributed by atoms with Gasteiger partial charge < -0.3 is 14.9 Å². The highest BCUT2D eigenvalue weighted by atomic mass is 16.5. The van der Waals surface area contributed by atoms with Gasteiger partial charge in [0.05, 0.1) is 7.11 Å². The number of methoxy groups -OCH3 is 1. The molecule has 0 amide bonds. The van der Waals surface area contributed by atoms with Gasteiger partial charge in [-0.25, -0.2) is 9.78 Å². The number of nitriles is 1. The Morgan fingerprint density at radius 1 is 1.62 bits per heavy atom. The summed E-state index contributed by atoms with van der Waals surface area (Å²) in [6.45, 7) is 0. The molecule has 0 aromatic carbocycles. The van der Waals surface area contributed by atoms with Crippen molar-refractivity contribution in [1.29, 1.82) is 5.26 Å². The minimum Gasteiger partial charge on any atom is -0.467 e. The zero-order valence-electron chi connectivity index (χ0n) is 8.49. The first-order valence-electron chi connectivity index (χ1n) is 4.40. The van der Waals surface area contributed by atoms with Gasteiger partial charge in [0.15, 0.2) is 6.10 Å². The van der Waals surface area contributed by atoms with E-state index < -0.39 is 18.2 Å². The lowest BCUT2D eigenvalue weighted by atomic mass is 10.1. The van der Waals surface area contributed by atoms with Crippen LogP contribution in [0.1, 0.15) is 17.4 Å². The first-order valence-corrected chi connectivity index (χ1v) is 4.40. The Bertz CT molecular complexity index is 427. The third-order valence-corrected chi connectivity index (χ3v) is 1.98. The molecule has 1 rings (SSSR count). The van der Waals surface area contributed by atoms with E-state index in [9.17, 15) is 15.0 Å². The van der Waals surface area contributed by atoms with Crippen LogP contribution in [0.2, 0.25) is 0 Å². The fourth-order valence-corrected chi connectivity index (χ4v) is 1.12. The Morgan fingerprint density at radius 3 is 2.88 bits per heavy atom. The molecule has 2 atom stereocenters. The zero-order chi connectivity index (χ0) is 12.1. The fraction of sp³-hybridized carbons (Fsp3) is 0.300. The normalized spacial score (nSPS) is 13.6. The van der Waals surface area contributed by atoms with Crippen molar-refractivity contribution in [3.8, 4) is 6.07 Å². The predicted molar refractivity (Wildman–Crippen MR) is 51.9 cm³/mol. The third-order valence-electron chi connectivity index (χ3n) is 1.98. The van der Waals surface area contributed by atoms with Crippen LogP contribution in [0, 0.1) is 11.3 Å². The monoisotopic (exact) mass is 222 g/mol. The second-order valence-corrected chi connectivity index (χ2v) is 3.00. The molecule has 6 nitrogen and oxygen atoms in total. The Kier molecular flexibility index (Phi) is 3.94. The number of nitrogens with zero attached hydrogens (tertiary/aromatic N) is 2. The van der Waals surface area contributed by atoms with Crippen molar-refractivity contribution in [2.45, 2.75) is 12.2 Å². The van der Waals surface area contributed by atoms with Gasteiger partial charge in [-0.15, -0.1) is 0 Å². The number of aliphatic hydroxyl groups excluding tert-OH is 2. The quantitative estimate of drug-likeness (QED) is 0.669. The van der Waals surface area contributed by atoms with E-state index in [1.807, 2.05) is 0 Å². The predicted octanol–water partition coefficient (Wildman–Crippen LogP) is -0.479. The van der Waals surface area contributed by atoms with Gasteiger partial charge in [-0.2, -0.15) is 5.26 Å². The molecule has 0 aliphatic heterocycles. The van der Waals surface area contributed by atoms with E-state index in [0.29, 0.717) is 0 Å². The average molecular weight is 222 g/mol. The van der Waals surface area contributed by atoms with Gasteiger partial charge >= 0.3 is 5.97 Å². The SMILES string of the molecule is COC(=O)C(O)C(O)c1ccnc(C#N)c1. The Labute approximate surface area is 91.7 Å². The van der Waals surface area contributed by atoms with Crippen molar-refractivity contribution >= 4 is 5.97 Å². The van der Waals surface area contributed by atoms with E-state index in [0.717, 1.165) is 7.11 Å². The molecule has 2 unspecified atom stereocenters. The van der Waals surface area contributed by atoms with Crippen molar-refractivity contribution in [3.05, 3.63) is 29.6 Å². The third kappa shape index (κ3) is 2.53. The van der Waals surface area contributed by atoms with Crippen LogP contribution in [0.15, 0.2) is 18.3 Å². The molecule has 0 fully saturated rings. The van der Waals surface area contributed by atoms with Gasteiger partial charge in [-0.1, -0.05) is 0 Å². The van der Waals surface area contributed by atoms with E-state index in [-0.39, 0.29) is 11.3 Å². The highest BCUT2D eigenvalue weighted by Gasteiger charge is 2.26. The molecule has 6 heteroatoms. The van der Waals surface area contributed by atoms with E-state index >= 15 is 0 Å². The van der Waals surface area contributed by atoms with Crippen LogP contribution >= 0.6 is 0 Å². The van der Waals surface area contributed by atoms with Crippen LogP contribution < -0.4 is 0 Å². The van der Waals surface area contributed by atoms with Gasteiger partial charge in [-0.3, -0.25) is 0 Å². The van der Waals surface area contributed by atoms with Crippen LogP contribution in [0.25, 0.3) is 0 Å². The second kappa shape index (κ2) is 5.21. The smallest absolute Gasteiger partial charge is 0.337 e. The number of hydrogen-bond acceptors (Lipinski definition) is 6. The van der Waals surface area contributed by atoms with Crippen LogP contribution in [-0.4, -0.2) is 34.4 Å². The highest BCUT2D eigenvalue weighted by molar-refractivity contribution is 5.75. The Balaban J connectivity index is 2.92. The minimum atomic E-state index is -1.68. The summed E-state index contributed by atoms with van der Waals surface area (Å²) in [5, 5.41) is 27.6. The molecule has 0 aliphatic carbocycles. The number of pyridine rings is 1. The maximum absolute atomic E-state index is 11.0. The Hall–Kier alpha value is -1.97. The molecule has 16 heavy (non-hydrogen) atoms. The summed E-state index contributed by atoms with van der Waals surface area (Å²) in [7, 11) is 1.10. The van der Waals surface area contributed by atoms with E-state index in [1.165, 1.54) is 18.3 Å². The molecule has 0 aliphatic rings. The molecule has 1 heterocycles. The lowest BCUT2D eigenvalue weighted by Crippen LogP contribution is -2.29. The topological polar surface area (TPSA) is 103 Å². The second-order valence-electron chi connectivity index (χ2n) is 3.00. The van der Waals surface area contributed by atoms with Gasteiger partial charge in [0.2, 0.25) is 0 Å². The minimum absolute atomic E-state index is 0.0913. The summed E-state index contributed by atoms with van der Waals surface area (Å²) >= 11 is 0. The molecule has 0 spiro atoms. The fourth-order valence-electron chi connectivity index (χ4n) is 1.12. The number of ether oxygens (including phenoxy) is 1. The van der Waals surface area contributed by atoms with Crippen LogP contribution in [0.5, 0.6) is 0 Å². The average Bonchev–Trinajstić information content (AvgIpc) is 2.36. The van der Waals surface area contributed by atoms with Gasteiger partial charge in [-0.05, 0) is 17.7 Å². The molecule has 0 bridgehead atoms. The van der Waals surface area contributed by atoms with Gasteiger partial charge in [0.1, 0.15) is 17.9 Å². The number of aromatic nitrogens is 1. The van der Waals surface area contributed by atoms with Crippen molar-refractivity contribution in [3.63, 3.8) is 0 Å². The summed E-state index contributed by atoms with van der Waals surface area (Å²) in [5.74, 6) is -0.942. The number of carbonyl (C=O) groups is 1. The van der Waals surface area contributed by atoms with Crippen molar-refractivity contribution in [1.82, 2.24) is 4.98 Å². The summed E-state index contributed by atoms with van der Waals surface area (Å²) in [4.78, 5) is 14.7. The number of esters is 1. The number of hydrogen-bond donors (Lipinski definition) is 2. The van der Waals surface area contributed by atoms with Gasteiger partial charge in [0, 0.05) is 6.20 Å². The molecule has 84 valence electrons. The van der Waals surface area contributed by atoms with Crippen molar-refractivity contribution in [2.24, 2.45) is 0 Å². The summed E-state index contributed by atoms with van der Waals surface area (Å²) < 4.78 is 4.28. The first-order chi connectivity index (χ1) is 7.60. The Morgan fingerprint density at radius 2 is 2.31 bits per heavy atom. The maximum atomic E-state index is 11.0. The van der Waals surface area contributed by atoms with E-state index in [2.05, 4.69) is 9.72 Å². The van der Waals surface area contributed by atoms with Crippen LogP contribution in [0.3, 0.4) is 0 Å². The summed E-state index contributed by atoms with van der Waals surface area (Å²) in [6, 6.07) is 4.47. The standard InChI is InChI=1S/C10H10N2O4/c1-16-10(15)9(14)8(13)6-2-3-12-7(4-6)5-11/h2-4,8-9,13-14H,1H3. The molecular formula is C10H10N2O4. The molecule has 1 aromatic rings. The largest absolute Gasteiger partial charge is 0.467 e. The van der Waals surface area contributed by atoms with Crippen molar-refractivity contribution < 1.29 is 19.7 Å². The zero-order valence-corrected chi connectivity index (χ0v) is 8.49. The number of aliphatic hydroxyl groups is 2. The van der Waals surface area contributed by atoms with Crippen molar-refractivity contribution in [2.75, 3.05) is 7.11 Å². The molecule has 2 N–H and O–H groups in total. The van der Waals surface area contributed by atoms with Crippen LogP contribution in [-0.2, 0) is 9.53 Å². The molecule has 0 saturated carbocycles.